The Morgan fingerprint density at radius 2 is 1.90 bits per heavy atom. The molecule has 0 amide bonds. The number of nitrogen functional groups attached to an aromatic ring is 1. The third kappa shape index (κ3) is 1.92. The lowest BCUT2D eigenvalue weighted by atomic mass is 10.2. The number of sulfonamides is 1. The van der Waals surface area contributed by atoms with Crippen molar-refractivity contribution >= 4 is 21.4 Å². The second-order valence-electron chi connectivity index (χ2n) is 4.64. The molecule has 0 unspecified atom stereocenters. The Bertz CT molecular complexity index is 774. The summed E-state index contributed by atoms with van der Waals surface area (Å²) in [6.07, 6.45) is 0.571. The van der Waals surface area contributed by atoms with Gasteiger partial charge in [-0.1, -0.05) is 18.2 Å². The van der Waals surface area contributed by atoms with Gasteiger partial charge in [0.2, 0.25) is 0 Å². The summed E-state index contributed by atoms with van der Waals surface area (Å²) in [5.41, 5.74) is 7.16. The number of para-hydroxylation sites is 1. The molecule has 2 aromatic rings. The van der Waals surface area contributed by atoms with Gasteiger partial charge in [-0.2, -0.15) is 0 Å². The van der Waals surface area contributed by atoms with Gasteiger partial charge in [0, 0.05) is 6.54 Å². The highest BCUT2D eigenvalue weighted by atomic mass is 32.2. The fourth-order valence-corrected chi connectivity index (χ4v) is 4.02. The highest BCUT2D eigenvalue weighted by molar-refractivity contribution is 7.93. The molecule has 6 heteroatoms. The van der Waals surface area contributed by atoms with Gasteiger partial charge in [0.25, 0.3) is 10.0 Å². The van der Waals surface area contributed by atoms with Crippen LogP contribution in [0.2, 0.25) is 0 Å². The normalized spacial score (nSPS) is 14.3. The van der Waals surface area contributed by atoms with Crippen molar-refractivity contribution < 1.29 is 12.8 Å². The van der Waals surface area contributed by atoms with Crippen LogP contribution in [0.1, 0.15) is 5.56 Å². The van der Waals surface area contributed by atoms with E-state index in [9.17, 15) is 12.8 Å². The number of anilines is 2. The van der Waals surface area contributed by atoms with Gasteiger partial charge in [-0.25, -0.2) is 12.8 Å². The number of nitrogens with two attached hydrogens (primary N) is 1. The summed E-state index contributed by atoms with van der Waals surface area (Å²) in [7, 11) is -3.76. The average molecular weight is 292 g/mol. The van der Waals surface area contributed by atoms with Crippen LogP contribution in [0.25, 0.3) is 0 Å². The standard InChI is InChI=1S/C14H13FN2O2S/c15-11-6-5-10-7-8-17(13(10)9-11)20(18,19)14-4-2-1-3-12(14)16/h1-6,9H,7-8,16H2. The summed E-state index contributed by atoms with van der Waals surface area (Å²) < 4.78 is 39.9. The lowest BCUT2D eigenvalue weighted by Crippen LogP contribution is -2.29. The number of nitrogens with zero attached hydrogens (tertiary/aromatic N) is 1. The van der Waals surface area contributed by atoms with Crippen molar-refractivity contribution in [3.05, 3.63) is 53.8 Å². The van der Waals surface area contributed by atoms with Gasteiger partial charge in [0.05, 0.1) is 11.4 Å². The predicted molar refractivity (Wildman–Crippen MR) is 75.5 cm³/mol. The van der Waals surface area contributed by atoms with E-state index in [0.717, 1.165) is 5.56 Å². The van der Waals surface area contributed by atoms with Gasteiger partial charge < -0.3 is 5.73 Å². The Balaban J connectivity index is 2.12. The minimum atomic E-state index is -3.76. The summed E-state index contributed by atoms with van der Waals surface area (Å²) in [4.78, 5) is 0.0529. The van der Waals surface area contributed by atoms with Crippen LogP contribution >= 0.6 is 0 Å². The topological polar surface area (TPSA) is 63.4 Å². The lowest BCUT2D eigenvalue weighted by molar-refractivity contribution is 0.592. The molecule has 0 radical (unpaired) electrons. The number of halogens is 1. The molecule has 0 bridgehead atoms. The van der Waals surface area contributed by atoms with E-state index >= 15 is 0 Å². The number of hydrogen-bond donors (Lipinski definition) is 1. The van der Waals surface area contributed by atoms with E-state index in [-0.39, 0.29) is 10.6 Å². The van der Waals surface area contributed by atoms with Crippen LogP contribution in [0.3, 0.4) is 0 Å². The fourth-order valence-electron chi connectivity index (χ4n) is 2.41. The molecule has 1 heterocycles. The minimum absolute atomic E-state index is 0.0529. The second-order valence-corrected chi connectivity index (χ2v) is 6.47. The summed E-state index contributed by atoms with van der Waals surface area (Å²) in [6.45, 7) is 0.301. The minimum Gasteiger partial charge on any atom is -0.398 e. The molecule has 1 aliphatic heterocycles. The Labute approximate surface area is 116 Å². The molecule has 0 saturated heterocycles. The molecule has 0 spiro atoms. The fraction of sp³-hybridized carbons (Fsp3) is 0.143. The predicted octanol–water partition coefficient (Wildman–Crippen LogP) is 2.16. The van der Waals surface area contributed by atoms with E-state index in [1.54, 1.807) is 18.2 Å². The number of fused-ring (bicyclic) bond motifs is 1. The van der Waals surface area contributed by atoms with Gasteiger partial charge in [-0.3, -0.25) is 4.31 Å². The maximum Gasteiger partial charge on any atom is 0.266 e. The molecular weight excluding hydrogens is 279 g/mol. The Hall–Kier alpha value is -2.08. The zero-order valence-corrected chi connectivity index (χ0v) is 11.4. The molecule has 4 nitrogen and oxygen atoms in total. The molecule has 0 aliphatic carbocycles. The van der Waals surface area contributed by atoms with Crippen LogP contribution in [0, 0.1) is 5.82 Å². The molecule has 20 heavy (non-hydrogen) atoms. The van der Waals surface area contributed by atoms with Crippen molar-refractivity contribution in [1.82, 2.24) is 0 Å². The molecule has 104 valence electrons. The van der Waals surface area contributed by atoms with Crippen molar-refractivity contribution in [3.8, 4) is 0 Å². The first kappa shape index (κ1) is 12.9. The first-order valence-electron chi connectivity index (χ1n) is 6.16. The first-order chi connectivity index (χ1) is 9.50. The van der Waals surface area contributed by atoms with E-state index in [2.05, 4.69) is 0 Å². The number of benzene rings is 2. The van der Waals surface area contributed by atoms with Crippen molar-refractivity contribution in [2.45, 2.75) is 11.3 Å². The number of rotatable bonds is 2. The Morgan fingerprint density at radius 3 is 2.65 bits per heavy atom. The molecule has 2 aromatic carbocycles. The maximum atomic E-state index is 13.4. The van der Waals surface area contributed by atoms with Crippen molar-refractivity contribution in [2.75, 3.05) is 16.6 Å². The van der Waals surface area contributed by atoms with Gasteiger partial charge in [0.1, 0.15) is 10.7 Å². The van der Waals surface area contributed by atoms with Crippen LogP contribution in [0.4, 0.5) is 15.8 Å². The number of hydrogen-bond acceptors (Lipinski definition) is 3. The Kier molecular flexibility index (Phi) is 2.90. The smallest absolute Gasteiger partial charge is 0.266 e. The van der Waals surface area contributed by atoms with Crippen LogP contribution < -0.4 is 10.0 Å². The Morgan fingerprint density at radius 1 is 1.15 bits per heavy atom. The van der Waals surface area contributed by atoms with Crippen LogP contribution in [-0.2, 0) is 16.4 Å². The van der Waals surface area contributed by atoms with Gasteiger partial charge in [-0.05, 0) is 36.2 Å². The average Bonchev–Trinajstić information content (AvgIpc) is 2.82. The largest absolute Gasteiger partial charge is 0.398 e. The van der Waals surface area contributed by atoms with Crippen LogP contribution in [0.15, 0.2) is 47.4 Å². The molecule has 0 fully saturated rings. The zero-order valence-electron chi connectivity index (χ0n) is 10.6. The van der Waals surface area contributed by atoms with Gasteiger partial charge >= 0.3 is 0 Å². The first-order valence-corrected chi connectivity index (χ1v) is 7.60. The van der Waals surface area contributed by atoms with Gasteiger partial charge in [0.15, 0.2) is 0 Å². The summed E-state index contributed by atoms with van der Waals surface area (Å²) in [5, 5.41) is 0. The highest BCUT2D eigenvalue weighted by Gasteiger charge is 2.32. The summed E-state index contributed by atoms with van der Waals surface area (Å²) >= 11 is 0. The molecule has 0 saturated carbocycles. The quantitative estimate of drug-likeness (QED) is 0.863. The van der Waals surface area contributed by atoms with E-state index < -0.39 is 15.8 Å². The lowest BCUT2D eigenvalue weighted by Gasteiger charge is -2.20. The molecule has 3 rings (SSSR count). The maximum absolute atomic E-state index is 13.4. The SMILES string of the molecule is Nc1ccccc1S(=O)(=O)N1CCc2ccc(F)cc21. The van der Waals surface area contributed by atoms with Crippen molar-refractivity contribution in [2.24, 2.45) is 0 Å². The van der Waals surface area contributed by atoms with Crippen molar-refractivity contribution in [1.29, 1.82) is 0 Å². The van der Waals surface area contributed by atoms with Crippen LogP contribution in [0.5, 0.6) is 0 Å². The van der Waals surface area contributed by atoms with Crippen molar-refractivity contribution in [3.63, 3.8) is 0 Å². The molecule has 0 atom stereocenters. The van der Waals surface area contributed by atoms with E-state index in [4.69, 9.17) is 5.73 Å². The molecule has 0 aromatic heterocycles. The highest BCUT2D eigenvalue weighted by Crippen LogP contribution is 2.34. The van der Waals surface area contributed by atoms with E-state index in [1.165, 1.54) is 28.6 Å². The van der Waals surface area contributed by atoms with Gasteiger partial charge in [-0.15, -0.1) is 0 Å². The molecule has 1 aliphatic rings. The van der Waals surface area contributed by atoms with E-state index in [1.807, 2.05) is 0 Å². The third-order valence-electron chi connectivity index (χ3n) is 3.39. The monoisotopic (exact) mass is 292 g/mol. The summed E-state index contributed by atoms with van der Waals surface area (Å²) in [6, 6.07) is 10.5. The molecule has 2 N–H and O–H groups in total. The molecular formula is C14H13FN2O2S. The zero-order chi connectivity index (χ0) is 14.3. The van der Waals surface area contributed by atoms with Crippen LogP contribution in [-0.4, -0.2) is 15.0 Å². The second kappa shape index (κ2) is 4.49. The van der Waals surface area contributed by atoms with E-state index in [0.29, 0.717) is 18.7 Å². The third-order valence-corrected chi connectivity index (χ3v) is 5.27. The summed E-state index contributed by atoms with van der Waals surface area (Å²) in [5.74, 6) is -0.452.